The minimum Gasteiger partial charge on any atom is -0.384 e. The highest BCUT2D eigenvalue weighted by molar-refractivity contribution is 5.57. The number of benzene rings is 1. The van der Waals surface area contributed by atoms with Crippen LogP contribution < -0.4 is 0 Å². The number of hydrogen-bond acceptors (Lipinski definition) is 2. The molecule has 0 saturated heterocycles. The Kier molecular flexibility index (Phi) is 2.05. The fraction of sp³-hybridized carbons (Fsp3) is 0.364. The minimum absolute atomic E-state index is 0.257. The van der Waals surface area contributed by atoms with Crippen LogP contribution in [0.5, 0.6) is 0 Å². The average molecular weight is 174 g/mol. The molecule has 0 fully saturated rings. The van der Waals surface area contributed by atoms with E-state index in [1.807, 2.05) is 18.2 Å². The third-order valence-corrected chi connectivity index (χ3v) is 2.41. The van der Waals surface area contributed by atoms with Crippen LogP contribution in [0.4, 0.5) is 0 Å². The Hall–Kier alpha value is -1.31. The van der Waals surface area contributed by atoms with Crippen LogP contribution in [0.2, 0.25) is 0 Å². The van der Waals surface area contributed by atoms with Gasteiger partial charge in [0.15, 0.2) is 5.60 Å². The molecule has 0 aliphatic carbocycles. The van der Waals surface area contributed by atoms with Gasteiger partial charge in [0.25, 0.3) is 0 Å². The topological polar surface area (TPSA) is 21.6 Å². The summed E-state index contributed by atoms with van der Waals surface area (Å²) in [6.07, 6.45) is 4.62. The molecule has 67 valence electrons. The van der Waals surface area contributed by atoms with Crippen molar-refractivity contribution < 1.29 is 4.84 Å². The summed E-state index contributed by atoms with van der Waals surface area (Å²) in [4.78, 5) is 5.37. The smallest absolute Gasteiger partial charge is 0.160 e. The van der Waals surface area contributed by atoms with Gasteiger partial charge < -0.3 is 4.84 Å². The Balaban J connectivity index is 2.29. The van der Waals surface area contributed by atoms with Gasteiger partial charge >= 0.3 is 0 Å². The number of nitrogens with zero attached hydrogens (tertiary/aromatic N) is 1. The molecule has 1 aliphatic heterocycles. The Morgan fingerprint density at radius 2 is 2.15 bits per heavy atom. The lowest BCUT2D eigenvalue weighted by atomic mass is 9.91. The highest BCUT2D eigenvalue weighted by atomic mass is 16.6. The molecule has 1 aliphatic rings. The maximum Gasteiger partial charge on any atom is 0.160 e. The van der Waals surface area contributed by atoms with Gasteiger partial charge in [0.1, 0.15) is 6.21 Å². The predicted molar refractivity (Wildman–Crippen MR) is 51.5 cm³/mol. The summed E-state index contributed by atoms with van der Waals surface area (Å²) in [6, 6.07) is 10.2. The van der Waals surface area contributed by atoms with Gasteiger partial charge in [-0.1, -0.05) is 35.5 Å². The van der Waals surface area contributed by atoms with E-state index in [9.17, 15) is 0 Å². The summed E-state index contributed by atoms with van der Waals surface area (Å²) in [5, 5.41) is 3.76. The van der Waals surface area contributed by atoms with Gasteiger partial charge in [-0.05, 0) is 25.3 Å². The Morgan fingerprint density at radius 1 is 1.38 bits per heavy atom. The Bertz CT molecular complexity index is 307. The van der Waals surface area contributed by atoms with Crippen LogP contribution in [0, 0.1) is 0 Å². The average Bonchev–Trinajstić information content (AvgIpc) is 2.20. The first-order chi connectivity index (χ1) is 6.31. The summed E-state index contributed by atoms with van der Waals surface area (Å²) in [5.41, 5.74) is 0.923. The van der Waals surface area contributed by atoms with Crippen molar-refractivity contribution in [3.63, 3.8) is 0 Å². The first kappa shape index (κ1) is 8.30. The fourth-order valence-electron chi connectivity index (χ4n) is 1.51. The molecule has 1 aromatic carbocycles. The molecule has 2 heteroatoms. The van der Waals surface area contributed by atoms with Gasteiger partial charge in [-0.2, -0.15) is 0 Å². The third-order valence-electron chi connectivity index (χ3n) is 2.41. The fourth-order valence-corrected chi connectivity index (χ4v) is 1.51. The molecule has 1 unspecified atom stereocenters. The second-order valence-corrected chi connectivity index (χ2v) is 3.44. The SMILES string of the molecule is CC1(c2ccccc2)CC[C]=NO1. The van der Waals surface area contributed by atoms with Crippen molar-refractivity contribution in [2.45, 2.75) is 25.4 Å². The van der Waals surface area contributed by atoms with Gasteiger partial charge in [0, 0.05) is 0 Å². The minimum atomic E-state index is -0.257. The van der Waals surface area contributed by atoms with E-state index in [0.717, 1.165) is 12.8 Å². The second-order valence-electron chi connectivity index (χ2n) is 3.44. The van der Waals surface area contributed by atoms with Crippen LogP contribution in [-0.2, 0) is 10.4 Å². The Morgan fingerprint density at radius 3 is 2.77 bits per heavy atom. The Labute approximate surface area is 78.2 Å². The van der Waals surface area contributed by atoms with Crippen molar-refractivity contribution >= 4 is 6.21 Å². The third kappa shape index (κ3) is 1.57. The highest BCUT2D eigenvalue weighted by Gasteiger charge is 2.30. The lowest BCUT2D eigenvalue weighted by molar-refractivity contribution is -0.0465. The van der Waals surface area contributed by atoms with E-state index >= 15 is 0 Å². The summed E-state index contributed by atoms with van der Waals surface area (Å²) in [7, 11) is 0. The molecular weight excluding hydrogens is 162 g/mol. The normalized spacial score (nSPS) is 26.8. The quantitative estimate of drug-likeness (QED) is 0.641. The van der Waals surface area contributed by atoms with Gasteiger partial charge in [0.2, 0.25) is 0 Å². The zero-order valence-corrected chi connectivity index (χ0v) is 7.66. The van der Waals surface area contributed by atoms with Crippen molar-refractivity contribution in [2.75, 3.05) is 0 Å². The molecule has 0 saturated carbocycles. The molecule has 2 rings (SSSR count). The van der Waals surface area contributed by atoms with Crippen LogP contribution in [0.25, 0.3) is 0 Å². The van der Waals surface area contributed by atoms with E-state index < -0.39 is 0 Å². The molecule has 0 spiro atoms. The van der Waals surface area contributed by atoms with Crippen LogP contribution in [0.3, 0.4) is 0 Å². The lowest BCUT2D eigenvalue weighted by Gasteiger charge is -2.29. The summed E-state index contributed by atoms with van der Waals surface area (Å²) < 4.78 is 0. The van der Waals surface area contributed by atoms with Crippen molar-refractivity contribution in [1.82, 2.24) is 0 Å². The molecule has 1 atom stereocenters. The zero-order valence-electron chi connectivity index (χ0n) is 7.66. The van der Waals surface area contributed by atoms with Gasteiger partial charge in [-0.3, -0.25) is 0 Å². The van der Waals surface area contributed by atoms with Crippen LogP contribution in [-0.4, -0.2) is 6.21 Å². The van der Waals surface area contributed by atoms with Crippen LogP contribution >= 0.6 is 0 Å². The number of rotatable bonds is 1. The van der Waals surface area contributed by atoms with Gasteiger partial charge in [-0.15, -0.1) is 0 Å². The van der Waals surface area contributed by atoms with Crippen LogP contribution in [0.15, 0.2) is 35.5 Å². The van der Waals surface area contributed by atoms with E-state index in [4.69, 9.17) is 4.84 Å². The lowest BCUT2D eigenvalue weighted by Crippen LogP contribution is -2.26. The molecule has 0 bridgehead atoms. The first-order valence-corrected chi connectivity index (χ1v) is 4.48. The second kappa shape index (κ2) is 3.21. The maximum absolute atomic E-state index is 5.37. The van der Waals surface area contributed by atoms with E-state index in [-0.39, 0.29) is 5.60 Å². The highest BCUT2D eigenvalue weighted by Crippen LogP contribution is 2.32. The van der Waals surface area contributed by atoms with Crippen molar-refractivity contribution in [2.24, 2.45) is 5.16 Å². The molecule has 1 radical (unpaired) electrons. The van der Waals surface area contributed by atoms with E-state index in [2.05, 4.69) is 30.4 Å². The first-order valence-electron chi connectivity index (χ1n) is 4.48. The van der Waals surface area contributed by atoms with Crippen molar-refractivity contribution in [3.8, 4) is 0 Å². The van der Waals surface area contributed by atoms with Crippen LogP contribution in [0.1, 0.15) is 25.3 Å². The maximum atomic E-state index is 5.37. The molecular formula is C11H12NO. The molecule has 0 N–H and O–H groups in total. The number of hydrogen-bond donors (Lipinski definition) is 0. The van der Waals surface area contributed by atoms with Crippen molar-refractivity contribution in [1.29, 1.82) is 0 Å². The summed E-state index contributed by atoms with van der Waals surface area (Å²) in [6.45, 7) is 2.06. The molecule has 0 amide bonds. The largest absolute Gasteiger partial charge is 0.384 e. The molecule has 13 heavy (non-hydrogen) atoms. The van der Waals surface area contributed by atoms with Crippen molar-refractivity contribution in [3.05, 3.63) is 35.9 Å². The zero-order chi connectivity index (χ0) is 9.15. The van der Waals surface area contributed by atoms with E-state index in [0.29, 0.717) is 0 Å². The molecule has 2 nitrogen and oxygen atoms in total. The van der Waals surface area contributed by atoms with E-state index in [1.54, 1.807) is 0 Å². The molecule has 0 aromatic heterocycles. The standard InChI is InChI=1S/C11H12NO/c1-11(8-5-9-12-13-11)10-6-3-2-4-7-10/h2-4,6-7H,5,8H2,1H3. The van der Waals surface area contributed by atoms with Gasteiger partial charge in [-0.25, -0.2) is 0 Å². The van der Waals surface area contributed by atoms with Gasteiger partial charge in [0.05, 0.1) is 0 Å². The summed E-state index contributed by atoms with van der Waals surface area (Å²) in [5.74, 6) is 0. The predicted octanol–water partition coefficient (Wildman–Crippen LogP) is 2.58. The van der Waals surface area contributed by atoms with E-state index in [1.165, 1.54) is 5.56 Å². The summed E-state index contributed by atoms with van der Waals surface area (Å²) >= 11 is 0. The molecule has 1 aromatic rings. The monoisotopic (exact) mass is 174 g/mol. The molecule has 1 heterocycles.